The predicted molar refractivity (Wildman–Crippen MR) is 71.9 cm³/mol. The highest BCUT2D eigenvalue weighted by atomic mass is 32.1. The van der Waals surface area contributed by atoms with Crippen LogP contribution in [-0.2, 0) is 6.54 Å². The summed E-state index contributed by atoms with van der Waals surface area (Å²) in [4.78, 5) is 17.3. The van der Waals surface area contributed by atoms with Crippen molar-refractivity contribution in [1.29, 1.82) is 0 Å². The molecule has 100 valence electrons. The maximum absolute atomic E-state index is 10.8. The summed E-state index contributed by atoms with van der Waals surface area (Å²) < 4.78 is 0. The fourth-order valence-electron chi connectivity index (χ4n) is 2.48. The standard InChI is InChI=1S/C13H20N2O2S/c1-9(2)10-3-5-15(6-4-10)7-11-8-18-12(14-11)13(16)17/h8-10H,3-7H2,1-2H3,(H,16,17). The number of rotatable bonds is 4. The van der Waals surface area contributed by atoms with E-state index in [2.05, 4.69) is 23.7 Å². The first kappa shape index (κ1) is 13.5. The molecule has 2 rings (SSSR count). The summed E-state index contributed by atoms with van der Waals surface area (Å²) >= 11 is 1.21. The van der Waals surface area contributed by atoms with Crippen molar-refractivity contribution in [2.45, 2.75) is 33.2 Å². The van der Waals surface area contributed by atoms with E-state index in [0.29, 0.717) is 0 Å². The van der Waals surface area contributed by atoms with Crippen LogP contribution in [0.15, 0.2) is 5.38 Å². The topological polar surface area (TPSA) is 53.4 Å². The molecule has 1 aromatic rings. The van der Waals surface area contributed by atoms with Gasteiger partial charge in [0.15, 0.2) is 0 Å². The fourth-order valence-corrected chi connectivity index (χ4v) is 3.13. The molecule has 1 aliphatic heterocycles. The van der Waals surface area contributed by atoms with E-state index in [1.165, 1.54) is 24.2 Å². The van der Waals surface area contributed by atoms with Crippen molar-refractivity contribution in [3.05, 3.63) is 16.1 Å². The molecule has 1 aromatic heterocycles. The summed E-state index contributed by atoms with van der Waals surface area (Å²) in [6, 6.07) is 0. The highest BCUT2D eigenvalue weighted by Gasteiger charge is 2.22. The van der Waals surface area contributed by atoms with E-state index in [1.807, 2.05) is 5.38 Å². The van der Waals surface area contributed by atoms with E-state index >= 15 is 0 Å². The van der Waals surface area contributed by atoms with Gasteiger partial charge in [0.05, 0.1) is 5.69 Å². The quantitative estimate of drug-likeness (QED) is 0.912. The van der Waals surface area contributed by atoms with Gasteiger partial charge < -0.3 is 5.11 Å². The average Bonchev–Trinajstić information content (AvgIpc) is 2.78. The van der Waals surface area contributed by atoms with Crippen LogP contribution in [0.4, 0.5) is 0 Å². The van der Waals surface area contributed by atoms with E-state index in [-0.39, 0.29) is 5.01 Å². The van der Waals surface area contributed by atoms with E-state index in [1.54, 1.807) is 0 Å². The fraction of sp³-hybridized carbons (Fsp3) is 0.692. The van der Waals surface area contributed by atoms with E-state index < -0.39 is 5.97 Å². The van der Waals surface area contributed by atoms with E-state index in [0.717, 1.165) is 37.2 Å². The summed E-state index contributed by atoms with van der Waals surface area (Å²) in [5, 5.41) is 10.9. The van der Waals surface area contributed by atoms with E-state index in [4.69, 9.17) is 5.11 Å². The summed E-state index contributed by atoms with van der Waals surface area (Å²) in [6.07, 6.45) is 2.49. The van der Waals surface area contributed by atoms with Gasteiger partial charge in [-0.15, -0.1) is 11.3 Å². The molecular weight excluding hydrogens is 248 g/mol. The third kappa shape index (κ3) is 3.29. The number of hydrogen-bond acceptors (Lipinski definition) is 4. The van der Waals surface area contributed by atoms with Gasteiger partial charge in [0.1, 0.15) is 0 Å². The van der Waals surface area contributed by atoms with Gasteiger partial charge in [-0.1, -0.05) is 13.8 Å². The molecule has 0 unspecified atom stereocenters. The number of hydrogen-bond donors (Lipinski definition) is 1. The molecule has 4 nitrogen and oxygen atoms in total. The second kappa shape index (κ2) is 5.80. The van der Waals surface area contributed by atoms with Gasteiger partial charge in [-0.2, -0.15) is 0 Å². The molecule has 0 aromatic carbocycles. The van der Waals surface area contributed by atoms with Gasteiger partial charge in [-0.3, -0.25) is 4.90 Å². The number of piperidine rings is 1. The van der Waals surface area contributed by atoms with Crippen molar-refractivity contribution in [1.82, 2.24) is 9.88 Å². The second-order valence-corrected chi connectivity index (χ2v) is 6.16. The Morgan fingerprint density at radius 3 is 2.72 bits per heavy atom. The number of carbonyl (C=O) groups is 1. The minimum atomic E-state index is -0.926. The number of nitrogens with zero attached hydrogens (tertiary/aromatic N) is 2. The van der Waals surface area contributed by atoms with Gasteiger partial charge >= 0.3 is 5.97 Å². The Balaban J connectivity index is 1.85. The molecule has 1 saturated heterocycles. The number of thiazole rings is 1. The number of likely N-dealkylation sites (tertiary alicyclic amines) is 1. The van der Waals surface area contributed by atoms with Crippen molar-refractivity contribution < 1.29 is 9.90 Å². The molecule has 18 heavy (non-hydrogen) atoms. The number of aromatic nitrogens is 1. The van der Waals surface area contributed by atoms with Crippen LogP contribution in [0, 0.1) is 11.8 Å². The Labute approximate surface area is 112 Å². The largest absolute Gasteiger partial charge is 0.476 e. The Hall–Kier alpha value is -0.940. The van der Waals surface area contributed by atoms with E-state index in [9.17, 15) is 4.79 Å². The van der Waals surface area contributed by atoms with Crippen LogP contribution in [0.3, 0.4) is 0 Å². The van der Waals surface area contributed by atoms with Crippen molar-refractivity contribution in [3.63, 3.8) is 0 Å². The maximum Gasteiger partial charge on any atom is 0.365 e. The second-order valence-electron chi connectivity index (χ2n) is 5.31. The Morgan fingerprint density at radius 2 is 2.22 bits per heavy atom. The van der Waals surface area contributed by atoms with Crippen LogP contribution in [0.5, 0.6) is 0 Å². The lowest BCUT2D eigenvalue weighted by Crippen LogP contribution is -2.34. The van der Waals surface area contributed by atoms with Crippen LogP contribution >= 0.6 is 11.3 Å². The third-order valence-corrected chi connectivity index (χ3v) is 4.57. The summed E-state index contributed by atoms with van der Waals surface area (Å²) in [7, 11) is 0. The molecular formula is C13H20N2O2S. The highest BCUT2D eigenvalue weighted by Crippen LogP contribution is 2.25. The Morgan fingerprint density at radius 1 is 1.56 bits per heavy atom. The van der Waals surface area contributed by atoms with Crippen LogP contribution in [-0.4, -0.2) is 34.0 Å². The lowest BCUT2D eigenvalue weighted by molar-refractivity contribution is 0.0696. The maximum atomic E-state index is 10.8. The molecule has 0 atom stereocenters. The number of carboxylic acid groups (broad SMARTS) is 1. The SMILES string of the molecule is CC(C)C1CCN(Cc2csc(C(=O)O)n2)CC1. The van der Waals surface area contributed by atoms with Crippen molar-refractivity contribution in [3.8, 4) is 0 Å². The molecule has 0 saturated carbocycles. The summed E-state index contributed by atoms with van der Waals surface area (Å²) in [5.74, 6) is 0.682. The van der Waals surface area contributed by atoms with Gasteiger partial charge in [-0.25, -0.2) is 9.78 Å². The summed E-state index contributed by atoms with van der Waals surface area (Å²) in [5.41, 5.74) is 0.889. The van der Waals surface area contributed by atoms with Crippen LogP contribution in [0.1, 0.15) is 42.2 Å². The number of aromatic carboxylic acids is 1. The molecule has 2 heterocycles. The first-order valence-electron chi connectivity index (χ1n) is 6.46. The van der Waals surface area contributed by atoms with Gasteiger partial charge in [0.2, 0.25) is 5.01 Å². The monoisotopic (exact) mass is 268 g/mol. The summed E-state index contributed by atoms with van der Waals surface area (Å²) in [6.45, 7) is 7.57. The zero-order valence-corrected chi connectivity index (χ0v) is 11.7. The average molecular weight is 268 g/mol. The number of carboxylic acids is 1. The zero-order chi connectivity index (χ0) is 13.1. The van der Waals surface area contributed by atoms with Crippen molar-refractivity contribution >= 4 is 17.3 Å². The minimum absolute atomic E-state index is 0.196. The van der Waals surface area contributed by atoms with Crippen molar-refractivity contribution in [2.75, 3.05) is 13.1 Å². The van der Waals surface area contributed by atoms with Gasteiger partial charge in [-0.05, 0) is 37.8 Å². The molecule has 0 bridgehead atoms. The minimum Gasteiger partial charge on any atom is -0.476 e. The Bertz CT molecular complexity index is 409. The van der Waals surface area contributed by atoms with Gasteiger partial charge in [0, 0.05) is 11.9 Å². The molecule has 1 aliphatic rings. The third-order valence-electron chi connectivity index (χ3n) is 3.70. The molecule has 1 fully saturated rings. The molecule has 0 spiro atoms. The first-order chi connectivity index (χ1) is 8.56. The van der Waals surface area contributed by atoms with Crippen molar-refractivity contribution in [2.24, 2.45) is 11.8 Å². The predicted octanol–water partition coefficient (Wildman–Crippen LogP) is 2.71. The zero-order valence-electron chi connectivity index (χ0n) is 10.9. The lowest BCUT2D eigenvalue weighted by Gasteiger charge is -2.33. The van der Waals surface area contributed by atoms with Gasteiger partial charge in [0.25, 0.3) is 0 Å². The lowest BCUT2D eigenvalue weighted by atomic mass is 9.87. The molecule has 0 radical (unpaired) electrons. The smallest absolute Gasteiger partial charge is 0.365 e. The molecule has 0 aliphatic carbocycles. The first-order valence-corrected chi connectivity index (χ1v) is 7.34. The van der Waals surface area contributed by atoms with Crippen LogP contribution in [0.2, 0.25) is 0 Å². The molecule has 5 heteroatoms. The normalized spacial score (nSPS) is 18.4. The molecule has 1 N–H and O–H groups in total. The van der Waals surface area contributed by atoms with Crippen LogP contribution < -0.4 is 0 Å². The highest BCUT2D eigenvalue weighted by molar-refractivity contribution is 7.11. The Kier molecular flexibility index (Phi) is 4.35. The molecule has 0 amide bonds. The van der Waals surface area contributed by atoms with Crippen LogP contribution in [0.25, 0.3) is 0 Å².